The molecular weight excluding hydrogens is 303 g/mol. The summed E-state index contributed by atoms with van der Waals surface area (Å²) in [6, 6.07) is 11.6. The van der Waals surface area contributed by atoms with Gasteiger partial charge in [-0.1, -0.05) is 43.6 Å². The Morgan fingerprint density at radius 3 is 2.45 bits per heavy atom. The van der Waals surface area contributed by atoms with Crippen molar-refractivity contribution >= 4 is 23.3 Å². The number of rotatable bonds is 4. The largest absolute Gasteiger partial charge is 0.334 e. The summed E-state index contributed by atoms with van der Waals surface area (Å²) >= 11 is 5.91. The Morgan fingerprint density at radius 2 is 1.86 bits per heavy atom. The molecule has 0 radical (unpaired) electrons. The third kappa shape index (κ3) is 4.21. The van der Waals surface area contributed by atoms with E-state index in [4.69, 9.17) is 11.6 Å². The van der Waals surface area contributed by atoms with E-state index in [-0.39, 0.29) is 12.1 Å². The number of benzene rings is 2. The van der Waals surface area contributed by atoms with Crippen LogP contribution in [0.1, 0.15) is 30.9 Å². The van der Waals surface area contributed by atoms with Gasteiger partial charge in [-0.15, -0.1) is 0 Å². The molecule has 0 unspecified atom stereocenters. The Labute approximate surface area is 134 Å². The molecule has 2 amide bonds. The Hall–Kier alpha value is -2.07. The highest BCUT2D eigenvalue weighted by Crippen LogP contribution is 2.19. The van der Waals surface area contributed by atoms with Crippen LogP contribution in [0.4, 0.5) is 14.9 Å². The number of carbonyl (C=O) groups is 1. The minimum Gasteiger partial charge on any atom is -0.334 e. The van der Waals surface area contributed by atoms with Crippen LogP contribution in [0.5, 0.6) is 0 Å². The van der Waals surface area contributed by atoms with E-state index in [1.807, 2.05) is 24.3 Å². The van der Waals surface area contributed by atoms with Crippen molar-refractivity contribution in [3.05, 3.63) is 64.4 Å². The van der Waals surface area contributed by atoms with Gasteiger partial charge in [0.2, 0.25) is 0 Å². The van der Waals surface area contributed by atoms with E-state index in [2.05, 4.69) is 24.5 Å². The number of hydrogen-bond donors (Lipinski definition) is 2. The predicted molar refractivity (Wildman–Crippen MR) is 87.8 cm³/mol. The third-order valence-corrected chi connectivity index (χ3v) is 3.68. The predicted octanol–water partition coefficient (Wildman–Crippen LogP) is 4.92. The summed E-state index contributed by atoms with van der Waals surface area (Å²) in [5.41, 5.74) is 2.15. The highest BCUT2D eigenvalue weighted by Gasteiger charge is 2.09. The van der Waals surface area contributed by atoms with Crippen LogP contribution in [-0.2, 0) is 6.54 Å². The Balaban J connectivity index is 1.93. The summed E-state index contributed by atoms with van der Waals surface area (Å²) in [4.78, 5) is 11.8. The van der Waals surface area contributed by atoms with E-state index in [1.165, 1.54) is 17.7 Å². The molecule has 0 aliphatic carbocycles. The van der Waals surface area contributed by atoms with Crippen molar-refractivity contribution in [1.29, 1.82) is 0 Å². The molecular formula is C17H18ClFN2O. The molecule has 0 aromatic heterocycles. The Morgan fingerprint density at radius 1 is 1.18 bits per heavy atom. The summed E-state index contributed by atoms with van der Waals surface area (Å²) in [5.74, 6) is 0.000149. The molecule has 2 rings (SSSR count). The molecule has 0 fully saturated rings. The number of nitrogens with one attached hydrogen (secondary N) is 2. The standard InChI is InChI=1S/C17H18ClFN2O/c1-11(2)12-6-8-13(9-7-12)21-17(22)20-10-14-15(18)4-3-5-16(14)19/h3-9,11H,10H2,1-2H3,(H2,20,21,22). The monoisotopic (exact) mass is 320 g/mol. The molecule has 5 heteroatoms. The molecule has 2 aromatic rings. The lowest BCUT2D eigenvalue weighted by Gasteiger charge is -2.10. The number of urea groups is 1. The van der Waals surface area contributed by atoms with Crippen molar-refractivity contribution in [2.45, 2.75) is 26.3 Å². The first kappa shape index (κ1) is 16.3. The number of halogens is 2. The number of carbonyl (C=O) groups excluding carboxylic acids is 1. The number of amides is 2. The van der Waals surface area contributed by atoms with Crippen LogP contribution >= 0.6 is 11.6 Å². The van der Waals surface area contributed by atoms with E-state index in [1.54, 1.807) is 6.07 Å². The fourth-order valence-electron chi connectivity index (χ4n) is 2.00. The number of anilines is 1. The van der Waals surface area contributed by atoms with Crippen LogP contribution in [0.2, 0.25) is 5.02 Å². The molecule has 22 heavy (non-hydrogen) atoms. The van der Waals surface area contributed by atoms with Crippen LogP contribution in [0.3, 0.4) is 0 Å². The molecule has 0 atom stereocenters. The first-order valence-electron chi connectivity index (χ1n) is 7.05. The Bertz CT molecular complexity index is 636. The molecule has 0 heterocycles. The lowest BCUT2D eigenvalue weighted by molar-refractivity contribution is 0.251. The second-order valence-electron chi connectivity index (χ2n) is 5.28. The summed E-state index contributed by atoms with van der Waals surface area (Å²) < 4.78 is 13.6. The van der Waals surface area contributed by atoms with Crippen molar-refractivity contribution < 1.29 is 9.18 Å². The van der Waals surface area contributed by atoms with Gasteiger partial charge < -0.3 is 10.6 Å². The van der Waals surface area contributed by atoms with Gasteiger partial charge in [-0.25, -0.2) is 9.18 Å². The molecule has 3 nitrogen and oxygen atoms in total. The van der Waals surface area contributed by atoms with Gasteiger partial charge in [0, 0.05) is 22.8 Å². The SMILES string of the molecule is CC(C)c1ccc(NC(=O)NCc2c(F)cccc2Cl)cc1. The van der Waals surface area contributed by atoms with Crippen LogP contribution in [-0.4, -0.2) is 6.03 Å². The maximum absolute atomic E-state index is 13.6. The molecule has 0 aliphatic rings. The zero-order valence-corrected chi connectivity index (χ0v) is 13.2. The molecule has 0 saturated carbocycles. The van der Waals surface area contributed by atoms with Crippen molar-refractivity contribution in [1.82, 2.24) is 5.32 Å². The van der Waals surface area contributed by atoms with Gasteiger partial charge in [0.25, 0.3) is 0 Å². The first-order valence-corrected chi connectivity index (χ1v) is 7.43. The van der Waals surface area contributed by atoms with Gasteiger partial charge in [-0.3, -0.25) is 0 Å². The minimum atomic E-state index is -0.436. The van der Waals surface area contributed by atoms with Crippen LogP contribution in [0.15, 0.2) is 42.5 Å². The van der Waals surface area contributed by atoms with Gasteiger partial charge in [0.1, 0.15) is 5.82 Å². The van der Waals surface area contributed by atoms with Crippen LogP contribution < -0.4 is 10.6 Å². The van der Waals surface area contributed by atoms with E-state index in [0.717, 1.165) is 0 Å². The van der Waals surface area contributed by atoms with Gasteiger partial charge in [0.15, 0.2) is 0 Å². The molecule has 0 bridgehead atoms. The van der Waals surface area contributed by atoms with Crippen LogP contribution in [0.25, 0.3) is 0 Å². The maximum Gasteiger partial charge on any atom is 0.319 e. The molecule has 2 N–H and O–H groups in total. The molecule has 0 saturated heterocycles. The minimum absolute atomic E-state index is 0.0292. The number of hydrogen-bond acceptors (Lipinski definition) is 1. The summed E-state index contributed by atoms with van der Waals surface area (Å²) in [5, 5.41) is 5.59. The smallest absolute Gasteiger partial charge is 0.319 e. The quantitative estimate of drug-likeness (QED) is 0.824. The van der Waals surface area contributed by atoms with E-state index in [0.29, 0.717) is 16.6 Å². The Kier molecular flexibility index (Phi) is 5.39. The molecule has 0 spiro atoms. The molecule has 116 valence electrons. The van der Waals surface area contributed by atoms with E-state index in [9.17, 15) is 9.18 Å². The molecule has 2 aromatic carbocycles. The topological polar surface area (TPSA) is 41.1 Å². The lowest BCUT2D eigenvalue weighted by Crippen LogP contribution is -2.28. The maximum atomic E-state index is 13.6. The van der Waals surface area contributed by atoms with Gasteiger partial charge in [-0.2, -0.15) is 0 Å². The van der Waals surface area contributed by atoms with E-state index >= 15 is 0 Å². The zero-order chi connectivity index (χ0) is 16.1. The third-order valence-electron chi connectivity index (χ3n) is 3.32. The van der Waals surface area contributed by atoms with E-state index < -0.39 is 11.8 Å². The van der Waals surface area contributed by atoms with Crippen molar-refractivity contribution in [2.75, 3.05) is 5.32 Å². The average molecular weight is 321 g/mol. The van der Waals surface area contributed by atoms with Crippen molar-refractivity contribution in [3.8, 4) is 0 Å². The van der Waals surface area contributed by atoms with Gasteiger partial charge >= 0.3 is 6.03 Å². The summed E-state index contributed by atoms with van der Waals surface area (Å²) in [6.07, 6.45) is 0. The highest BCUT2D eigenvalue weighted by molar-refractivity contribution is 6.31. The summed E-state index contributed by atoms with van der Waals surface area (Å²) in [7, 11) is 0. The lowest BCUT2D eigenvalue weighted by atomic mass is 10.0. The molecule has 0 aliphatic heterocycles. The fraction of sp³-hybridized carbons (Fsp3) is 0.235. The van der Waals surface area contributed by atoms with Crippen molar-refractivity contribution in [3.63, 3.8) is 0 Å². The normalized spacial score (nSPS) is 10.6. The first-order chi connectivity index (χ1) is 10.5. The summed E-state index contributed by atoms with van der Waals surface area (Å²) in [6.45, 7) is 4.24. The van der Waals surface area contributed by atoms with Crippen molar-refractivity contribution in [2.24, 2.45) is 0 Å². The average Bonchev–Trinajstić information content (AvgIpc) is 2.47. The fourth-order valence-corrected chi connectivity index (χ4v) is 2.23. The zero-order valence-electron chi connectivity index (χ0n) is 12.5. The second-order valence-corrected chi connectivity index (χ2v) is 5.69. The van der Waals surface area contributed by atoms with Gasteiger partial charge in [0.05, 0.1) is 0 Å². The van der Waals surface area contributed by atoms with Crippen LogP contribution in [0, 0.1) is 5.82 Å². The highest BCUT2D eigenvalue weighted by atomic mass is 35.5. The second kappa shape index (κ2) is 7.27. The van der Waals surface area contributed by atoms with Gasteiger partial charge in [-0.05, 0) is 35.7 Å².